The van der Waals surface area contributed by atoms with E-state index >= 15 is 0 Å². The zero-order valence-corrected chi connectivity index (χ0v) is 11.1. The van der Waals surface area contributed by atoms with Gasteiger partial charge < -0.3 is 10.2 Å². The van der Waals surface area contributed by atoms with Crippen LogP contribution in [0.3, 0.4) is 0 Å². The lowest BCUT2D eigenvalue weighted by molar-refractivity contribution is -0.145. The van der Waals surface area contributed by atoms with Gasteiger partial charge in [0.25, 0.3) is 10.2 Å². The van der Waals surface area contributed by atoms with Gasteiger partial charge in [-0.2, -0.15) is 17.4 Å². The molecule has 9 heteroatoms. The Morgan fingerprint density at radius 3 is 2.28 bits per heavy atom. The predicted octanol–water partition coefficient (Wildman–Crippen LogP) is -0.519. The number of carbonyl (C=O) groups is 2. The molecule has 1 atom stereocenters. The summed E-state index contributed by atoms with van der Waals surface area (Å²) >= 11 is 0. The molecule has 0 unspecified atom stereocenters. The monoisotopic (exact) mass is 282 g/mol. The largest absolute Gasteiger partial charge is 0.481 e. The summed E-state index contributed by atoms with van der Waals surface area (Å²) in [6, 6.07) is -1.67. The molecule has 0 amide bonds. The number of carboxylic acids is 2. The second kappa shape index (κ2) is 7.29. The van der Waals surface area contributed by atoms with E-state index < -0.39 is 34.6 Å². The second-order valence-electron chi connectivity index (χ2n) is 3.79. The van der Waals surface area contributed by atoms with E-state index in [-0.39, 0.29) is 6.54 Å². The Balaban J connectivity index is 4.69. The quantitative estimate of drug-likeness (QED) is 0.522. The van der Waals surface area contributed by atoms with Crippen LogP contribution in [0.25, 0.3) is 0 Å². The maximum atomic E-state index is 11.7. The van der Waals surface area contributed by atoms with Crippen molar-refractivity contribution < 1.29 is 28.2 Å². The zero-order chi connectivity index (χ0) is 14.3. The Kier molecular flexibility index (Phi) is 6.81. The van der Waals surface area contributed by atoms with Crippen LogP contribution in [0.2, 0.25) is 0 Å². The van der Waals surface area contributed by atoms with Gasteiger partial charge in [-0.05, 0) is 6.42 Å². The van der Waals surface area contributed by atoms with Gasteiger partial charge in [0.1, 0.15) is 6.04 Å². The highest BCUT2D eigenvalue weighted by Crippen LogP contribution is 2.02. The molecular weight excluding hydrogens is 264 g/mol. The summed E-state index contributed by atoms with van der Waals surface area (Å²) in [5.74, 6) is -2.91. The van der Waals surface area contributed by atoms with Crippen LogP contribution in [-0.2, 0) is 19.8 Å². The predicted molar refractivity (Wildman–Crippen MR) is 63.3 cm³/mol. The molecule has 0 saturated carbocycles. The molecule has 0 bridgehead atoms. The lowest BCUT2D eigenvalue weighted by Gasteiger charge is -2.20. The van der Waals surface area contributed by atoms with Crippen molar-refractivity contribution in [3.8, 4) is 0 Å². The molecule has 0 aromatic heterocycles. The van der Waals surface area contributed by atoms with Gasteiger partial charge in [-0.25, -0.2) is 0 Å². The van der Waals surface area contributed by atoms with Crippen LogP contribution in [0.1, 0.15) is 26.2 Å². The Hall–Kier alpha value is -1.19. The number of nitrogens with zero attached hydrogens (tertiary/aromatic N) is 1. The SMILES string of the molecule is CCCCN(C)S(=O)(=O)N[C@@H](CC(=O)O)C(=O)O. The molecule has 0 saturated heterocycles. The third kappa shape index (κ3) is 5.94. The first-order valence-electron chi connectivity index (χ1n) is 5.39. The third-order valence-corrected chi connectivity index (χ3v) is 3.79. The number of aliphatic carboxylic acids is 2. The molecule has 18 heavy (non-hydrogen) atoms. The lowest BCUT2D eigenvalue weighted by atomic mass is 10.2. The number of hydrogen-bond donors (Lipinski definition) is 3. The van der Waals surface area contributed by atoms with E-state index in [9.17, 15) is 18.0 Å². The summed E-state index contributed by atoms with van der Waals surface area (Å²) in [4.78, 5) is 21.2. The first kappa shape index (κ1) is 16.8. The van der Waals surface area contributed by atoms with Crippen molar-refractivity contribution in [1.29, 1.82) is 0 Å². The van der Waals surface area contributed by atoms with Gasteiger partial charge in [0.15, 0.2) is 0 Å². The molecule has 106 valence electrons. The fourth-order valence-corrected chi connectivity index (χ4v) is 2.22. The van der Waals surface area contributed by atoms with Crippen molar-refractivity contribution in [2.45, 2.75) is 32.2 Å². The summed E-state index contributed by atoms with van der Waals surface area (Å²) in [5.41, 5.74) is 0. The van der Waals surface area contributed by atoms with Crippen molar-refractivity contribution >= 4 is 22.1 Å². The van der Waals surface area contributed by atoms with Gasteiger partial charge in [0.05, 0.1) is 6.42 Å². The van der Waals surface area contributed by atoms with Crippen LogP contribution in [0.5, 0.6) is 0 Å². The minimum Gasteiger partial charge on any atom is -0.481 e. The molecule has 0 fully saturated rings. The Labute approximate surface area is 106 Å². The maximum absolute atomic E-state index is 11.7. The van der Waals surface area contributed by atoms with Gasteiger partial charge in [0.2, 0.25) is 0 Å². The fourth-order valence-electron chi connectivity index (χ4n) is 1.12. The molecule has 0 aromatic carbocycles. The molecule has 8 nitrogen and oxygen atoms in total. The lowest BCUT2D eigenvalue weighted by Crippen LogP contribution is -2.48. The highest BCUT2D eigenvalue weighted by atomic mass is 32.2. The smallest absolute Gasteiger partial charge is 0.322 e. The van der Waals surface area contributed by atoms with Crippen molar-refractivity contribution in [2.75, 3.05) is 13.6 Å². The first-order valence-corrected chi connectivity index (χ1v) is 6.83. The number of rotatable bonds is 9. The number of hydrogen-bond acceptors (Lipinski definition) is 4. The van der Waals surface area contributed by atoms with E-state index in [4.69, 9.17) is 10.2 Å². The van der Waals surface area contributed by atoms with E-state index in [0.717, 1.165) is 10.7 Å². The number of nitrogens with one attached hydrogen (secondary N) is 1. The van der Waals surface area contributed by atoms with E-state index in [1.165, 1.54) is 7.05 Å². The second-order valence-corrected chi connectivity index (χ2v) is 5.60. The van der Waals surface area contributed by atoms with Crippen LogP contribution in [0.4, 0.5) is 0 Å². The van der Waals surface area contributed by atoms with Gasteiger partial charge >= 0.3 is 11.9 Å². The average Bonchev–Trinajstić information content (AvgIpc) is 2.23. The van der Waals surface area contributed by atoms with Crippen LogP contribution in [0, 0.1) is 0 Å². The summed E-state index contributed by atoms with van der Waals surface area (Å²) < 4.78 is 26.2. The van der Waals surface area contributed by atoms with E-state index in [1.807, 2.05) is 11.6 Å². The molecule has 0 radical (unpaired) electrons. The highest BCUT2D eigenvalue weighted by molar-refractivity contribution is 7.87. The molecule has 3 N–H and O–H groups in total. The van der Waals surface area contributed by atoms with Gasteiger partial charge in [0, 0.05) is 13.6 Å². The Morgan fingerprint density at radius 1 is 1.33 bits per heavy atom. The van der Waals surface area contributed by atoms with E-state index in [1.54, 1.807) is 0 Å². The molecule has 0 spiro atoms. The van der Waals surface area contributed by atoms with Crippen LogP contribution in [0.15, 0.2) is 0 Å². The van der Waals surface area contributed by atoms with Crippen molar-refractivity contribution in [3.63, 3.8) is 0 Å². The molecule has 0 aromatic rings. The minimum atomic E-state index is -3.98. The molecule has 0 aliphatic heterocycles. The Bertz CT molecular complexity index is 394. The van der Waals surface area contributed by atoms with Crippen molar-refractivity contribution in [2.24, 2.45) is 0 Å². The van der Waals surface area contributed by atoms with Crippen molar-refractivity contribution in [1.82, 2.24) is 9.03 Å². The first-order chi connectivity index (χ1) is 8.20. The summed E-state index contributed by atoms with van der Waals surface area (Å²) in [6.45, 7) is 2.13. The van der Waals surface area contributed by atoms with Crippen molar-refractivity contribution in [3.05, 3.63) is 0 Å². The molecule has 0 heterocycles. The summed E-state index contributed by atoms with van der Waals surface area (Å²) in [6.07, 6.45) is 0.613. The van der Waals surface area contributed by atoms with Crippen LogP contribution in [-0.4, -0.2) is 54.5 Å². The highest BCUT2D eigenvalue weighted by Gasteiger charge is 2.28. The molecule has 0 rings (SSSR count). The third-order valence-electron chi connectivity index (χ3n) is 2.20. The van der Waals surface area contributed by atoms with E-state index in [2.05, 4.69) is 0 Å². The van der Waals surface area contributed by atoms with Gasteiger partial charge in [-0.15, -0.1) is 0 Å². The average molecular weight is 282 g/mol. The van der Waals surface area contributed by atoms with Crippen LogP contribution >= 0.6 is 0 Å². The van der Waals surface area contributed by atoms with Crippen LogP contribution < -0.4 is 4.72 Å². The maximum Gasteiger partial charge on any atom is 0.322 e. The standard InChI is InChI=1S/C9H18N2O6S/c1-3-4-5-11(2)18(16,17)10-7(9(14)15)6-8(12)13/h7,10H,3-6H2,1-2H3,(H,12,13)(H,14,15)/t7-/m0/s1. The molecule has 0 aliphatic rings. The minimum absolute atomic E-state index is 0.241. The normalized spacial score (nSPS) is 13.5. The Morgan fingerprint density at radius 2 is 1.89 bits per heavy atom. The zero-order valence-electron chi connectivity index (χ0n) is 10.3. The van der Waals surface area contributed by atoms with E-state index in [0.29, 0.717) is 6.42 Å². The topological polar surface area (TPSA) is 124 Å². The summed E-state index contributed by atoms with van der Waals surface area (Å²) in [5, 5.41) is 17.2. The molecular formula is C9H18N2O6S. The number of unbranched alkanes of at least 4 members (excludes halogenated alkanes) is 1. The van der Waals surface area contributed by atoms with Gasteiger partial charge in [-0.1, -0.05) is 13.3 Å². The van der Waals surface area contributed by atoms with Gasteiger partial charge in [-0.3, -0.25) is 9.59 Å². The fraction of sp³-hybridized carbons (Fsp3) is 0.778. The number of carboxylic acid groups (broad SMARTS) is 2. The molecule has 0 aliphatic carbocycles. The summed E-state index contributed by atoms with van der Waals surface area (Å²) in [7, 11) is -2.68.